The molecule has 3 N–H and O–H groups in total. The smallest absolute Gasteiger partial charge is 0.328 e. The molecule has 168 valence electrons. The summed E-state index contributed by atoms with van der Waals surface area (Å²) in [5.41, 5.74) is 5.75. The lowest BCUT2D eigenvalue weighted by Gasteiger charge is -2.22. The van der Waals surface area contributed by atoms with E-state index in [9.17, 15) is 27.2 Å². The zero-order chi connectivity index (χ0) is 23.3. The first-order chi connectivity index (χ1) is 15.2. The average Bonchev–Trinajstić information content (AvgIpc) is 3.02. The van der Waals surface area contributed by atoms with Crippen molar-refractivity contribution in [3.63, 3.8) is 0 Å². The SMILES string of the molecule is NC(=O)CCN(C(=O)COC(=O)CN=C1NS(=O)(=O)c2ccccc21)c1ccc(F)cc1. The summed E-state index contributed by atoms with van der Waals surface area (Å²) in [6.07, 6.45) is -0.149. The average molecular weight is 462 g/mol. The van der Waals surface area contributed by atoms with E-state index in [1.54, 1.807) is 18.2 Å². The highest BCUT2D eigenvalue weighted by Crippen LogP contribution is 2.22. The molecule has 0 spiro atoms. The number of aliphatic imine (C=N–C) groups is 1. The minimum absolute atomic E-state index is 0.00160. The molecule has 10 nitrogen and oxygen atoms in total. The quantitative estimate of drug-likeness (QED) is 0.540. The van der Waals surface area contributed by atoms with E-state index in [0.29, 0.717) is 11.3 Å². The van der Waals surface area contributed by atoms with E-state index in [4.69, 9.17) is 10.5 Å². The van der Waals surface area contributed by atoms with Crippen molar-refractivity contribution >= 4 is 39.3 Å². The minimum Gasteiger partial charge on any atom is -0.454 e. The lowest BCUT2D eigenvalue weighted by atomic mass is 10.2. The summed E-state index contributed by atoms with van der Waals surface area (Å²) >= 11 is 0. The molecule has 1 aliphatic heterocycles. The fourth-order valence-electron chi connectivity index (χ4n) is 2.90. The Kier molecular flexibility index (Phi) is 6.83. The van der Waals surface area contributed by atoms with Crippen LogP contribution in [0.5, 0.6) is 0 Å². The number of carbonyl (C=O) groups excluding carboxylic acids is 3. The molecule has 1 heterocycles. The van der Waals surface area contributed by atoms with Gasteiger partial charge in [-0.2, -0.15) is 0 Å². The Labute approximate surface area is 182 Å². The number of carbonyl (C=O) groups is 3. The monoisotopic (exact) mass is 462 g/mol. The van der Waals surface area contributed by atoms with Crippen molar-refractivity contribution in [1.29, 1.82) is 0 Å². The molecule has 32 heavy (non-hydrogen) atoms. The van der Waals surface area contributed by atoms with Gasteiger partial charge in [-0.15, -0.1) is 0 Å². The number of nitrogens with one attached hydrogen (secondary N) is 1. The fourth-order valence-corrected chi connectivity index (χ4v) is 4.15. The van der Waals surface area contributed by atoms with Gasteiger partial charge in [0, 0.05) is 24.2 Å². The summed E-state index contributed by atoms with van der Waals surface area (Å²) in [6, 6.07) is 11.1. The van der Waals surface area contributed by atoms with Crippen LogP contribution in [0.1, 0.15) is 12.0 Å². The van der Waals surface area contributed by atoms with Gasteiger partial charge in [0.1, 0.15) is 18.2 Å². The number of halogens is 1. The lowest BCUT2D eigenvalue weighted by Crippen LogP contribution is -2.37. The number of fused-ring (bicyclic) bond motifs is 1. The maximum Gasteiger partial charge on any atom is 0.328 e. The number of esters is 1. The molecule has 0 radical (unpaired) electrons. The molecule has 2 amide bonds. The number of ether oxygens (including phenoxy) is 1. The Bertz CT molecular complexity index is 1180. The van der Waals surface area contributed by atoms with Gasteiger partial charge in [-0.05, 0) is 36.4 Å². The van der Waals surface area contributed by atoms with Crippen LogP contribution in [-0.2, 0) is 29.1 Å². The second-order valence-electron chi connectivity index (χ2n) is 6.67. The molecule has 0 saturated carbocycles. The number of hydrogen-bond acceptors (Lipinski definition) is 7. The molecule has 2 aromatic rings. The Hall–Kier alpha value is -3.80. The molecule has 12 heteroatoms. The van der Waals surface area contributed by atoms with E-state index < -0.39 is 46.8 Å². The van der Waals surface area contributed by atoms with Gasteiger partial charge in [0.2, 0.25) is 5.91 Å². The molecule has 0 aliphatic carbocycles. The molecule has 1 aliphatic rings. The van der Waals surface area contributed by atoms with Crippen molar-refractivity contribution in [1.82, 2.24) is 4.72 Å². The summed E-state index contributed by atoms with van der Waals surface area (Å²) in [5.74, 6) is -2.69. The second-order valence-corrected chi connectivity index (χ2v) is 8.32. The highest BCUT2D eigenvalue weighted by molar-refractivity contribution is 7.90. The van der Waals surface area contributed by atoms with Gasteiger partial charge in [-0.1, -0.05) is 12.1 Å². The Morgan fingerprint density at radius 3 is 2.47 bits per heavy atom. The maximum atomic E-state index is 13.2. The van der Waals surface area contributed by atoms with E-state index in [1.807, 2.05) is 0 Å². The third-order valence-corrected chi connectivity index (χ3v) is 5.80. The van der Waals surface area contributed by atoms with Crippen LogP contribution in [0.25, 0.3) is 0 Å². The number of nitrogens with two attached hydrogens (primary N) is 1. The van der Waals surface area contributed by atoms with Crippen molar-refractivity contribution < 1.29 is 31.9 Å². The minimum atomic E-state index is -3.74. The molecular weight excluding hydrogens is 443 g/mol. The summed E-state index contributed by atoms with van der Waals surface area (Å²) in [6.45, 7) is -1.28. The van der Waals surface area contributed by atoms with Crippen molar-refractivity contribution in [2.24, 2.45) is 10.7 Å². The number of benzene rings is 2. The zero-order valence-corrected chi connectivity index (χ0v) is 17.5. The van der Waals surface area contributed by atoms with Crippen LogP contribution in [0.2, 0.25) is 0 Å². The predicted octanol–water partition coefficient (Wildman–Crippen LogP) is 0.316. The number of nitrogens with zero attached hydrogens (tertiary/aromatic N) is 2. The van der Waals surface area contributed by atoms with Crippen molar-refractivity contribution in [3.05, 3.63) is 59.9 Å². The van der Waals surface area contributed by atoms with Gasteiger partial charge < -0.3 is 15.4 Å². The fraction of sp³-hybridized carbons (Fsp3) is 0.200. The van der Waals surface area contributed by atoms with E-state index >= 15 is 0 Å². The molecule has 0 unspecified atom stereocenters. The number of amidine groups is 1. The zero-order valence-electron chi connectivity index (χ0n) is 16.7. The number of rotatable bonds is 8. The highest BCUT2D eigenvalue weighted by Gasteiger charge is 2.30. The molecule has 0 atom stereocenters. The maximum absolute atomic E-state index is 13.2. The summed E-state index contributed by atoms with van der Waals surface area (Å²) in [7, 11) is -3.74. The van der Waals surface area contributed by atoms with E-state index in [1.165, 1.54) is 18.2 Å². The molecule has 0 fully saturated rings. The molecule has 3 rings (SSSR count). The van der Waals surface area contributed by atoms with Gasteiger partial charge in [-0.3, -0.25) is 24.1 Å². The number of hydrogen-bond donors (Lipinski definition) is 2. The van der Waals surface area contributed by atoms with Gasteiger partial charge in [0.15, 0.2) is 6.61 Å². The van der Waals surface area contributed by atoms with E-state index in [-0.39, 0.29) is 23.7 Å². The van der Waals surface area contributed by atoms with E-state index in [2.05, 4.69) is 9.71 Å². The third-order valence-electron chi connectivity index (χ3n) is 4.41. The van der Waals surface area contributed by atoms with Crippen molar-refractivity contribution in [3.8, 4) is 0 Å². The van der Waals surface area contributed by atoms with Crippen LogP contribution < -0.4 is 15.4 Å². The first-order valence-corrected chi connectivity index (χ1v) is 10.8. The molecule has 0 aromatic heterocycles. The lowest BCUT2D eigenvalue weighted by molar-refractivity contribution is -0.146. The van der Waals surface area contributed by atoms with Crippen LogP contribution >= 0.6 is 0 Å². The standard InChI is InChI=1S/C20H19FN4O6S/c21-13-5-7-14(8-6-13)25(10-9-17(22)26)18(27)12-31-19(28)11-23-20-15-3-1-2-4-16(15)32(29,30)24-20/h1-8H,9-12H2,(H2,22,26)(H,23,24). The van der Waals surface area contributed by atoms with Crippen molar-refractivity contribution in [2.75, 3.05) is 24.6 Å². The van der Waals surface area contributed by atoms with Crippen molar-refractivity contribution in [2.45, 2.75) is 11.3 Å². The van der Waals surface area contributed by atoms with Gasteiger partial charge in [0.25, 0.3) is 15.9 Å². The van der Waals surface area contributed by atoms with Crippen LogP contribution in [0.15, 0.2) is 58.4 Å². The van der Waals surface area contributed by atoms with Gasteiger partial charge in [-0.25, -0.2) is 12.8 Å². The first-order valence-electron chi connectivity index (χ1n) is 9.34. The molecule has 2 aromatic carbocycles. The Morgan fingerprint density at radius 2 is 1.78 bits per heavy atom. The normalized spacial score (nSPS) is 15.0. The van der Waals surface area contributed by atoms with Crippen LogP contribution in [-0.4, -0.2) is 51.7 Å². The highest BCUT2D eigenvalue weighted by atomic mass is 32.2. The first kappa shape index (κ1) is 22.9. The molecule has 0 bridgehead atoms. The number of anilines is 1. The predicted molar refractivity (Wildman–Crippen MR) is 112 cm³/mol. The number of primary amides is 1. The van der Waals surface area contributed by atoms with E-state index in [0.717, 1.165) is 17.0 Å². The number of sulfonamides is 1. The van der Waals surface area contributed by atoms with Gasteiger partial charge >= 0.3 is 5.97 Å². The second kappa shape index (κ2) is 9.56. The largest absolute Gasteiger partial charge is 0.454 e. The molecule has 0 saturated heterocycles. The van der Waals surface area contributed by atoms with Gasteiger partial charge in [0.05, 0.1) is 4.90 Å². The van der Waals surface area contributed by atoms with Crippen LogP contribution in [0.4, 0.5) is 10.1 Å². The summed E-state index contributed by atoms with van der Waals surface area (Å²) in [4.78, 5) is 40.8. The van der Waals surface area contributed by atoms with Crippen LogP contribution in [0, 0.1) is 5.82 Å². The third kappa shape index (κ3) is 5.46. The molecular formula is C20H19FN4O6S. The Morgan fingerprint density at radius 1 is 1.09 bits per heavy atom. The Balaban J connectivity index is 1.62. The summed E-state index contributed by atoms with van der Waals surface area (Å²) in [5, 5.41) is 0. The number of amides is 2. The van der Waals surface area contributed by atoms with Crippen LogP contribution in [0.3, 0.4) is 0 Å². The summed E-state index contributed by atoms with van der Waals surface area (Å²) < 4.78 is 44.5. The topological polar surface area (TPSA) is 148 Å².